The monoisotopic (exact) mass is 207 g/mol. The summed E-state index contributed by atoms with van der Waals surface area (Å²) >= 11 is 0. The summed E-state index contributed by atoms with van der Waals surface area (Å²) in [4.78, 5) is 8.70. The first-order valence-corrected chi connectivity index (χ1v) is 5.61. The molecule has 0 spiro atoms. The summed E-state index contributed by atoms with van der Waals surface area (Å²) in [5.74, 6) is 0.746. The summed E-state index contributed by atoms with van der Waals surface area (Å²) in [6, 6.07) is 1.98. The zero-order valence-corrected chi connectivity index (χ0v) is 10.2. The van der Waals surface area contributed by atoms with E-state index in [4.69, 9.17) is 0 Å². The normalized spacial score (nSPS) is 11.5. The maximum absolute atomic E-state index is 4.49. The molecule has 0 saturated heterocycles. The van der Waals surface area contributed by atoms with Crippen molar-refractivity contribution in [1.82, 2.24) is 9.97 Å². The smallest absolute Gasteiger partial charge is 0.222 e. The van der Waals surface area contributed by atoms with Crippen molar-refractivity contribution in [2.24, 2.45) is 0 Å². The van der Waals surface area contributed by atoms with E-state index in [1.165, 1.54) is 6.42 Å². The molecule has 1 heterocycles. The molecule has 3 nitrogen and oxygen atoms in total. The van der Waals surface area contributed by atoms with Crippen LogP contribution in [0.15, 0.2) is 12.3 Å². The fourth-order valence-electron chi connectivity index (χ4n) is 1.24. The Morgan fingerprint density at radius 1 is 1.33 bits per heavy atom. The average Bonchev–Trinajstić information content (AvgIpc) is 2.17. The second-order valence-electron chi connectivity index (χ2n) is 4.80. The van der Waals surface area contributed by atoms with Crippen LogP contribution in [-0.4, -0.2) is 16.5 Å². The highest BCUT2D eigenvalue weighted by Crippen LogP contribution is 2.19. The second kappa shape index (κ2) is 5.10. The number of rotatable bonds is 4. The van der Waals surface area contributed by atoms with Crippen molar-refractivity contribution in [3.8, 4) is 0 Å². The Labute approximate surface area is 92.3 Å². The molecule has 1 aromatic rings. The van der Waals surface area contributed by atoms with Gasteiger partial charge in [-0.2, -0.15) is 0 Å². The lowest BCUT2D eigenvalue weighted by Gasteiger charge is -2.17. The fraction of sp³-hybridized carbons (Fsp3) is 0.667. The number of aromatic nitrogens is 2. The van der Waals surface area contributed by atoms with Gasteiger partial charge < -0.3 is 5.32 Å². The molecule has 0 aliphatic carbocycles. The molecule has 0 fully saturated rings. The number of anilines is 1. The third-order valence-corrected chi connectivity index (χ3v) is 2.24. The van der Waals surface area contributed by atoms with E-state index in [0.717, 1.165) is 24.6 Å². The number of nitrogens with zero attached hydrogens (tertiary/aromatic N) is 2. The van der Waals surface area contributed by atoms with Crippen molar-refractivity contribution in [2.75, 3.05) is 11.9 Å². The van der Waals surface area contributed by atoms with Gasteiger partial charge in [0.15, 0.2) is 0 Å². The van der Waals surface area contributed by atoms with Crippen molar-refractivity contribution in [2.45, 2.75) is 46.0 Å². The summed E-state index contributed by atoms with van der Waals surface area (Å²) < 4.78 is 0. The molecule has 3 heteroatoms. The molecule has 0 bridgehead atoms. The van der Waals surface area contributed by atoms with E-state index in [-0.39, 0.29) is 5.41 Å². The lowest BCUT2D eigenvalue weighted by atomic mass is 9.92. The van der Waals surface area contributed by atoms with E-state index in [1.54, 1.807) is 0 Å². The van der Waals surface area contributed by atoms with Gasteiger partial charge in [-0.1, -0.05) is 34.1 Å². The molecule has 1 rings (SSSR count). The molecule has 84 valence electrons. The van der Waals surface area contributed by atoms with Crippen molar-refractivity contribution in [1.29, 1.82) is 0 Å². The summed E-state index contributed by atoms with van der Waals surface area (Å²) in [7, 11) is 0. The van der Waals surface area contributed by atoms with Crippen LogP contribution >= 0.6 is 0 Å². The molecule has 15 heavy (non-hydrogen) atoms. The molecule has 0 atom stereocenters. The van der Waals surface area contributed by atoms with Crippen molar-refractivity contribution >= 4 is 5.95 Å². The Morgan fingerprint density at radius 3 is 2.67 bits per heavy atom. The van der Waals surface area contributed by atoms with E-state index in [1.807, 2.05) is 12.3 Å². The van der Waals surface area contributed by atoms with Crippen LogP contribution in [-0.2, 0) is 5.41 Å². The molecule has 0 aliphatic rings. The lowest BCUT2D eigenvalue weighted by molar-refractivity contribution is 0.567. The summed E-state index contributed by atoms with van der Waals surface area (Å²) in [5.41, 5.74) is 1.17. The van der Waals surface area contributed by atoms with Crippen LogP contribution in [0.25, 0.3) is 0 Å². The van der Waals surface area contributed by atoms with Crippen molar-refractivity contribution in [3.63, 3.8) is 0 Å². The minimum atomic E-state index is 0.0874. The predicted molar refractivity (Wildman–Crippen MR) is 64.1 cm³/mol. The number of hydrogen-bond acceptors (Lipinski definition) is 3. The van der Waals surface area contributed by atoms with Crippen LogP contribution in [0.1, 0.15) is 46.2 Å². The quantitative estimate of drug-likeness (QED) is 0.771. The summed E-state index contributed by atoms with van der Waals surface area (Å²) in [6.45, 7) is 9.60. The third-order valence-electron chi connectivity index (χ3n) is 2.24. The number of hydrogen-bond donors (Lipinski definition) is 1. The zero-order chi connectivity index (χ0) is 11.3. The second-order valence-corrected chi connectivity index (χ2v) is 4.80. The Kier molecular flexibility index (Phi) is 4.06. The van der Waals surface area contributed by atoms with E-state index in [2.05, 4.69) is 43.0 Å². The maximum Gasteiger partial charge on any atom is 0.222 e. The van der Waals surface area contributed by atoms with Gasteiger partial charge in [-0.15, -0.1) is 0 Å². The average molecular weight is 207 g/mol. The van der Waals surface area contributed by atoms with Gasteiger partial charge in [-0.25, -0.2) is 9.97 Å². The van der Waals surface area contributed by atoms with Crippen LogP contribution < -0.4 is 5.32 Å². The van der Waals surface area contributed by atoms with Gasteiger partial charge in [-0.3, -0.25) is 0 Å². The topological polar surface area (TPSA) is 37.8 Å². The zero-order valence-electron chi connectivity index (χ0n) is 10.2. The molecular formula is C12H21N3. The lowest BCUT2D eigenvalue weighted by Crippen LogP contribution is -2.15. The predicted octanol–water partition coefficient (Wildman–Crippen LogP) is 2.99. The first-order valence-electron chi connectivity index (χ1n) is 5.61. The van der Waals surface area contributed by atoms with Crippen LogP contribution in [0, 0.1) is 0 Å². The Balaban J connectivity index is 2.66. The van der Waals surface area contributed by atoms with Crippen molar-refractivity contribution < 1.29 is 0 Å². The minimum absolute atomic E-state index is 0.0874. The SMILES string of the molecule is CCCCNc1nccc(C(C)(C)C)n1. The van der Waals surface area contributed by atoms with E-state index >= 15 is 0 Å². The van der Waals surface area contributed by atoms with Crippen LogP contribution in [0.3, 0.4) is 0 Å². The van der Waals surface area contributed by atoms with Crippen LogP contribution in [0.2, 0.25) is 0 Å². The van der Waals surface area contributed by atoms with Crippen LogP contribution in [0.4, 0.5) is 5.95 Å². The number of nitrogens with one attached hydrogen (secondary N) is 1. The summed E-state index contributed by atoms with van der Waals surface area (Å²) in [5, 5.41) is 3.24. The molecule has 0 aliphatic heterocycles. The largest absolute Gasteiger partial charge is 0.354 e. The standard InChI is InChI=1S/C12H21N3/c1-5-6-8-13-11-14-9-7-10(15-11)12(2,3)4/h7,9H,5-6,8H2,1-4H3,(H,13,14,15). The Hall–Kier alpha value is -1.12. The highest BCUT2D eigenvalue weighted by molar-refractivity contribution is 5.27. The minimum Gasteiger partial charge on any atom is -0.354 e. The molecular weight excluding hydrogens is 186 g/mol. The van der Waals surface area contributed by atoms with E-state index < -0.39 is 0 Å². The van der Waals surface area contributed by atoms with Gasteiger partial charge in [0.1, 0.15) is 0 Å². The maximum atomic E-state index is 4.49. The highest BCUT2D eigenvalue weighted by Gasteiger charge is 2.15. The van der Waals surface area contributed by atoms with Gasteiger partial charge in [0, 0.05) is 18.2 Å². The van der Waals surface area contributed by atoms with E-state index in [0.29, 0.717) is 0 Å². The highest BCUT2D eigenvalue weighted by atomic mass is 15.1. The van der Waals surface area contributed by atoms with Gasteiger partial charge in [0.25, 0.3) is 0 Å². The van der Waals surface area contributed by atoms with Gasteiger partial charge >= 0.3 is 0 Å². The first kappa shape index (κ1) is 12.0. The molecule has 0 saturated carbocycles. The Morgan fingerprint density at radius 2 is 2.07 bits per heavy atom. The van der Waals surface area contributed by atoms with E-state index in [9.17, 15) is 0 Å². The van der Waals surface area contributed by atoms with Gasteiger partial charge in [0.05, 0.1) is 5.69 Å². The molecule has 0 amide bonds. The first-order chi connectivity index (χ1) is 7.04. The number of unbranched alkanes of at least 4 members (excludes halogenated alkanes) is 1. The van der Waals surface area contributed by atoms with Gasteiger partial charge in [-0.05, 0) is 12.5 Å². The fourth-order valence-corrected chi connectivity index (χ4v) is 1.24. The van der Waals surface area contributed by atoms with Gasteiger partial charge in [0.2, 0.25) is 5.95 Å². The van der Waals surface area contributed by atoms with Crippen molar-refractivity contribution in [3.05, 3.63) is 18.0 Å². The van der Waals surface area contributed by atoms with Crippen LogP contribution in [0.5, 0.6) is 0 Å². The molecule has 0 radical (unpaired) electrons. The molecule has 0 unspecified atom stereocenters. The molecule has 1 aromatic heterocycles. The Bertz CT molecular complexity index is 302. The summed E-state index contributed by atoms with van der Waals surface area (Å²) in [6.07, 6.45) is 4.16. The molecule has 0 aromatic carbocycles. The third kappa shape index (κ3) is 3.86. The molecule has 1 N–H and O–H groups in total.